The summed E-state index contributed by atoms with van der Waals surface area (Å²) in [6, 6.07) is 18.9. The Morgan fingerprint density at radius 3 is 2.61 bits per heavy atom. The van der Waals surface area contributed by atoms with Crippen LogP contribution >= 0.6 is 0 Å². The van der Waals surface area contributed by atoms with Gasteiger partial charge < -0.3 is 15.6 Å². The maximum atomic E-state index is 7.77. The summed E-state index contributed by atoms with van der Waals surface area (Å²) in [4.78, 5) is 12.7. The number of aromatic amines is 1. The van der Waals surface area contributed by atoms with Crippen molar-refractivity contribution in [2.45, 2.75) is 13.5 Å². The van der Waals surface area contributed by atoms with Gasteiger partial charge in [-0.05, 0) is 43.3 Å². The summed E-state index contributed by atoms with van der Waals surface area (Å²) < 4.78 is 7.09. The summed E-state index contributed by atoms with van der Waals surface area (Å²) in [5.41, 5.74) is 4.20. The van der Waals surface area contributed by atoms with E-state index >= 15 is 0 Å². The highest BCUT2D eigenvalue weighted by Crippen LogP contribution is 2.29. The molecule has 7 nitrogen and oxygen atoms in total. The molecule has 0 bridgehead atoms. The first-order chi connectivity index (χ1) is 13.6. The summed E-state index contributed by atoms with van der Waals surface area (Å²) in [7, 11) is 0. The van der Waals surface area contributed by atoms with Gasteiger partial charge in [-0.25, -0.2) is 4.98 Å². The maximum Gasteiger partial charge on any atom is 0.146 e. The largest absolute Gasteiger partial charge is 0.486 e. The van der Waals surface area contributed by atoms with Crippen molar-refractivity contribution in [2.75, 3.05) is 5.84 Å². The summed E-state index contributed by atoms with van der Waals surface area (Å²) in [5.74, 6) is 7.31. The average Bonchev–Trinajstić information content (AvgIpc) is 3.14. The molecule has 4 N–H and O–H groups in total. The van der Waals surface area contributed by atoms with Crippen molar-refractivity contribution in [3.05, 3.63) is 83.9 Å². The Bertz CT molecular complexity index is 1160. The van der Waals surface area contributed by atoms with Crippen molar-refractivity contribution < 1.29 is 4.74 Å². The first kappa shape index (κ1) is 17.5. The number of nitrogen functional groups attached to an aromatic ring is 1. The van der Waals surface area contributed by atoms with Gasteiger partial charge in [0.05, 0.1) is 17.1 Å². The molecule has 28 heavy (non-hydrogen) atoms. The van der Waals surface area contributed by atoms with Gasteiger partial charge in [-0.15, -0.1) is 0 Å². The number of benzene rings is 1. The molecule has 0 aliphatic heterocycles. The highest BCUT2D eigenvalue weighted by atomic mass is 16.5. The Labute approximate surface area is 162 Å². The molecule has 3 aromatic heterocycles. The lowest BCUT2D eigenvalue weighted by molar-refractivity contribution is 0.297. The molecule has 140 valence electrons. The number of nitrogens with two attached hydrogens (primary N) is 1. The van der Waals surface area contributed by atoms with Crippen LogP contribution < -0.4 is 16.1 Å². The monoisotopic (exact) mass is 372 g/mol. The van der Waals surface area contributed by atoms with Gasteiger partial charge >= 0.3 is 0 Å². The van der Waals surface area contributed by atoms with E-state index in [0.29, 0.717) is 18.1 Å². The molecule has 0 aliphatic rings. The van der Waals surface area contributed by atoms with Crippen molar-refractivity contribution in [3.8, 4) is 28.4 Å². The molecule has 1 aromatic carbocycles. The summed E-state index contributed by atoms with van der Waals surface area (Å²) in [5, 5.41) is 7.77. The number of pyridine rings is 2. The van der Waals surface area contributed by atoms with Crippen LogP contribution in [0.1, 0.15) is 11.5 Å². The van der Waals surface area contributed by atoms with Crippen LogP contribution in [0, 0.1) is 12.3 Å². The topological polar surface area (TPSA) is 106 Å². The fourth-order valence-corrected chi connectivity index (χ4v) is 2.89. The molecule has 3 heterocycles. The number of hydrogen-bond donors (Lipinski definition) is 3. The lowest BCUT2D eigenvalue weighted by atomic mass is 10.1. The third-order valence-corrected chi connectivity index (χ3v) is 4.27. The van der Waals surface area contributed by atoms with Crippen LogP contribution in [-0.2, 0) is 6.61 Å². The number of H-pyrrole nitrogens is 1. The Hall–Kier alpha value is -3.87. The zero-order valence-corrected chi connectivity index (χ0v) is 15.4. The predicted octanol–water partition coefficient (Wildman–Crippen LogP) is 3.02. The van der Waals surface area contributed by atoms with Crippen LogP contribution in [0.3, 0.4) is 0 Å². The molecule has 0 fully saturated rings. The highest BCUT2D eigenvalue weighted by molar-refractivity contribution is 5.76. The van der Waals surface area contributed by atoms with E-state index in [0.717, 1.165) is 28.4 Å². The fraction of sp³-hybridized carbons (Fsp3) is 0.0952. The van der Waals surface area contributed by atoms with Crippen molar-refractivity contribution in [2.24, 2.45) is 0 Å². The van der Waals surface area contributed by atoms with Gasteiger partial charge in [-0.2, -0.15) is 0 Å². The van der Waals surface area contributed by atoms with Crippen LogP contribution in [0.25, 0.3) is 22.6 Å². The Balaban J connectivity index is 1.75. The lowest BCUT2D eigenvalue weighted by Crippen LogP contribution is -2.25. The third-order valence-electron chi connectivity index (χ3n) is 4.27. The van der Waals surface area contributed by atoms with E-state index in [1.54, 1.807) is 12.3 Å². The molecule has 0 amide bonds. The summed E-state index contributed by atoms with van der Waals surface area (Å²) in [6.45, 7) is 2.24. The molecule has 7 heteroatoms. The van der Waals surface area contributed by atoms with E-state index < -0.39 is 0 Å². The first-order valence-electron chi connectivity index (χ1n) is 8.83. The number of rotatable bonds is 5. The molecular formula is C21H20N6O. The SMILES string of the molecule is Cc1cccc(-c2[nH]c(COc3ccccc3)nc2-c2ccc(=N)n(N)c2)n1. The Morgan fingerprint density at radius 2 is 1.86 bits per heavy atom. The minimum Gasteiger partial charge on any atom is -0.486 e. The Kier molecular flexibility index (Phi) is 4.63. The van der Waals surface area contributed by atoms with Gasteiger partial charge in [0.25, 0.3) is 0 Å². The molecule has 0 radical (unpaired) electrons. The predicted molar refractivity (Wildman–Crippen MR) is 107 cm³/mol. The number of imidazole rings is 1. The van der Waals surface area contributed by atoms with E-state index in [-0.39, 0.29) is 5.49 Å². The summed E-state index contributed by atoms with van der Waals surface area (Å²) >= 11 is 0. The Morgan fingerprint density at radius 1 is 1.04 bits per heavy atom. The number of nitrogens with zero attached hydrogens (tertiary/aromatic N) is 3. The molecular weight excluding hydrogens is 352 g/mol. The number of aromatic nitrogens is 4. The minimum atomic E-state index is 0.210. The molecule has 0 saturated heterocycles. The van der Waals surface area contributed by atoms with Gasteiger partial charge in [0, 0.05) is 17.5 Å². The summed E-state index contributed by atoms with van der Waals surface area (Å²) in [6.07, 6.45) is 1.68. The molecule has 0 saturated carbocycles. The molecule has 0 unspecified atom stereocenters. The standard InChI is InChI=1S/C21H20N6O/c1-14-6-5-9-17(24-14)21-20(15-10-11-18(22)27(23)12-15)25-19(26-21)13-28-16-7-3-2-4-8-16/h2-12,22H,13,23H2,1H3,(H,25,26). The van der Waals surface area contributed by atoms with Gasteiger partial charge in [0.1, 0.15) is 23.7 Å². The minimum absolute atomic E-state index is 0.210. The zero-order valence-electron chi connectivity index (χ0n) is 15.4. The number of ether oxygens (including phenoxy) is 1. The van der Waals surface area contributed by atoms with E-state index in [1.165, 1.54) is 4.68 Å². The highest BCUT2D eigenvalue weighted by Gasteiger charge is 2.16. The second-order valence-corrected chi connectivity index (χ2v) is 6.38. The van der Waals surface area contributed by atoms with E-state index in [9.17, 15) is 0 Å². The molecule has 0 atom stereocenters. The quantitative estimate of drug-likeness (QED) is 0.468. The number of para-hydroxylation sites is 1. The second-order valence-electron chi connectivity index (χ2n) is 6.38. The normalized spacial score (nSPS) is 10.8. The van der Waals surface area contributed by atoms with E-state index in [4.69, 9.17) is 21.0 Å². The van der Waals surface area contributed by atoms with E-state index in [2.05, 4.69) is 9.97 Å². The molecule has 4 rings (SSSR count). The number of aryl methyl sites for hydroxylation is 1. The van der Waals surface area contributed by atoms with Crippen LogP contribution in [0.4, 0.5) is 0 Å². The third kappa shape index (κ3) is 3.64. The molecule has 0 spiro atoms. The van der Waals surface area contributed by atoms with Crippen molar-refractivity contribution in [3.63, 3.8) is 0 Å². The zero-order chi connectivity index (χ0) is 19.5. The van der Waals surface area contributed by atoms with Gasteiger partial charge in [0.2, 0.25) is 0 Å². The average molecular weight is 372 g/mol. The first-order valence-corrected chi connectivity index (χ1v) is 8.83. The van der Waals surface area contributed by atoms with E-state index in [1.807, 2.05) is 61.5 Å². The van der Waals surface area contributed by atoms with Gasteiger partial charge in [-0.1, -0.05) is 24.3 Å². The fourth-order valence-electron chi connectivity index (χ4n) is 2.89. The van der Waals surface area contributed by atoms with Crippen molar-refractivity contribution in [1.29, 1.82) is 5.41 Å². The number of nitrogens with one attached hydrogen (secondary N) is 2. The van der Waals surface area contributed by atoms with Gasteiger partial charge in [-0.3, -0.25) is 15.1 Å². The van der Waals surface area contributed by atoms with Crippen LogP contribution in [0.2, 0.25) is 0 Å². The van der Waals surface area contributed by atoms with Crippen LogP contribution in [0.15, 0.2) is 66.9 Å². The molecule has 0 aliphatic carbocycles. The molecule has 4 aromatic rings. The van der Waals surface area contributed by atoms with Crippen molar-refractivity contribution >= 4 is 0 Å². The maximum absolute atomic E-state index is 7.77. The number of hydrogen-bond acceptors (Lipinski definition) is 5. The smallest absolute Gasteiger partial charge is 0.146 e. The lowest BCUT2D eigenvalue weighted by Gasteiger charge is -2.05. The van der Waals surface area contributed by atoms with Crippen LogP contribution in [0.5, 0.6) is 5.75 Å². The van der Waals surface area contributed by atoms with Crippen LogP contribution in [-0.4, -0.2) is 19.6 Å². The van der Waals surface area contributed by atoms with Gasteiger partial charge in [0.15, 0.2) is 0 Å². The van der Waals surface area contributed by atoms with Crippen molar-refractivity contribution in [1.82, 2.24) is 19.6 Å². The second kappa shape index (κ2) is 7.40.